The van der Waals surface area contributed by atoms with Gasteiger partial charge in [0.2, 0.25) is 11.2 Å². The van der Waals surface area contributed by atoms with Gasteiger partial charge < -0.3 is 10.1 Å². The standard InChI is InChI=1S/C14H17ClN4O7S2/c1-8-6-10(18-14-17-9(2)16-13(15)19-14)11(25-3)7-12(8)27(20,21)5-4-26-28(22,23)24/h6-7H,4-5H2,1-3H3,(H,22,23,24)(H,16,17,18,19). The lowest BCUT2D eigenvalue weighted by Gasteiger charge is -2.15. The maximum atomic E-state index is 12.5. The number of aryl methyl sites for hydroxylation is 2. The normalized spacial score (nSPS) is 12.0. The van der Waals surface area contributed by atoms with Crippen molar-refractivity contribution in [3.8, 4) is 5.75 Å². The van der Waals surface area contributed by atoms with Gasteiger partial charge in [0.25, 0.3) is 0 Å². The third-order valence-electron chi connectivity index (χ3n) is 3.38. The molecule has 1 heterocycles. The molecule has 0 radical (unpaired) electrons. The van der Waals surface area contributed by atoms with Crippen molar-refractivity contribution < 1.29 is 30.3 Å². The summed E-state index contributed by atoms with van der Waals surface area (Å²) in [5.74, 6) is 0.0453. The van der Waals surface area contributed by atoms with Crippen LogP contribution in [0, 0.1) is 13.8 Å². The van der Waals surface area contributed by atoms with Crippen molar-refractivity contribution in [2.24, 2.45) is 0 Å². The van der Waals surface area contributed by atoms with Gasteiger partial charge in [-0.15, -0.1) is 0 Å². The molecule has 154 valence electrons. The average molecular weight is 453 g/mol. The SMILES string of the molecule is COc1cc(S(=O)(=O)CCOS(=O)(=O)O)c(C)cc1Nc1nc(C)nc(Cl)n1. The molecular weight excluding hydrogens is 436 g/mol. The minimum atomic E-state index is -4.73. The fraction of sp³-hybridized carbons (Fsp3) is 0.357. The smallest absolute Gasteiger partial charge is 0.397 e. The number of methoxy groups -OCH3 is 1. The van der Waals surface area contributed by atoms with E-state index in [0.717, 1.165) is 0 Å². The molecule has 14 heteroatoms. The molecule has 28 heavy (non-hydrogen) atoms. The van der Waals surface area contributed by atoms with Gasteiger partial charge in [0.15, 0.2) is 9.84 Å². The average Bonchev–Trinajstić information content (AvgIpc) is 2.52. The number of nitrogens with one attached hydrogen (secondary N) is 1. The van der Waals surface area contributed by atoms with Crippen LogP contribution in [0.1, 0.15) is 11.4 Å². The van der Waals surface area contributed by atoms with Crippen molar-refractivity contribution in [1.82, 2.24) is 15.0 Å². The number of aromatic nitrogens is 3. The van der Waals surface area contributed by atoms with Crippen LogP contribution in [0.25, 0.3) is 0 Å². The zero-order valence-electron chi connectivity index (χ0n) is 15.0. The quantitative estimate of drug-likeness (QED) is 0.558. The fourth-order valence-electron chi connectivity index (χ4n) is 2.26. The monoisotopic (exact) mass is 452 g/mol. The fourth-order valence-corrected chi connectivity index (χ4v) is 4.22. The molecule has 0 aliphatic rings. The second kappa shape index (κ2) is 8.53. The van der Waals surface area contributed by atoms with Crippen LogP contribution in [0.5, 0.6) is 5.75 Å². The van der Waals surface area contributed by atoms with E-state index in [4.69, 9.17) is 20.9 Å². The molecule has 2 N–H and O–H groups in total. The summed E-state index contributed by atoms with van der Waals surface area (Å²) in [7, 11) is -7.30. The third-order valence-corrected chi connectivity index (χ3v) is 5.83. The number of anilines is 2. The lowest BCUT2D eigenvalue weighted by atomic mass is 10.2. The Morgan fingerprint density at radius 2 is 1.82 bits per heavy atom. The Labute approximate surface area is 167 Å². The zero-order valence-corrected chi connectivity index (χ0v) is 17.4. The van der Waals surface area contributed by atoms with Gasteiger partial charge in [-0.1, -0.05) is 0 Å². The first-order chi connectivity index (χ1) is 12.9. The van der Waals surface area contributed by atoms with Gasteiger partial charge in [0.05, 0.1) is 30.1 Å². The minimum absolute atomic E-state index is 0.0104. The van der Waals surface area contributed by atoms with Crippen LogP contribution in [0.3, 0.4) is 0 Å². The summed E-state index contributed by atoms with van der Waals surface area (Å²) in [5.41, 5.74) is 0.738. The first-order valence-electron chi connectivity index (χ1n) is 7.60. The van der Waals surface area contributed by atoms with E-state index < -0.39 is 32.6 Å². The van der Waals surface area contributed by atoms with Crippen LogP contribution in [-0.2, 0) is 24.4 Å². The number of sulfone groups is 1. The lowest BCUT2D eigenvalue weighted by molar-refractivity contribution is 0.284. The number of halogens is 1. The highest BCUT2D eigenvalue weighted by Gasteiger charge is 2.21. The molecule has 2 aromatic rings. The molecule has 1 aromatic carbocycles. The molecule has 11 nitrogen and oxygen atoms in total. The number of hydrogen-bond acceptors (Lipinski definition) is 10. The van der Waals surface area contributed by atoms with Crippen LogP contribution < -0.4 is 10.1 Å². The Morgan fingerprint density at radius 3 is 2.39 bits per heavy atom. The second-order valence-electron chi connectivity index (χ2n) is 5.49. The highest BCUT2D eigenvalue weighted by atomic mass is 35.5. The van der Waals surface area contributed by atoms with Crippen molar-refractivity contribution in [3.05, 3.63) is 28.8 Å². The van der Waals surface area contributed by atoms with E-state index in [1.807, 2.05) is 0 Å². The van der Waals surface area contributed by atoms with Gasteiger partial charge in [-0.2, -0.15) is 18.4 Å². The molecule has 0 amide bonds. The highest BCUT2D eigenvalue weighted by molar-refractivity contribution is 7.91. The number of ether oxygens (including phenoxy) is 1. The number of rotatable bonds is 8. The summed E-state index contributed by atoms with van der Waals surface area (Å²) >= 11 is 5.80. The van der Waals surface area contributed by atoms with Gasteiger partial charge in [-0.25, -0.2) is 17.6 Å². The summed E-state index contributed by atoms with van der Waals surface area (Å²) in [4.78, 5) is 11.8. The summed E-state index contributed by atoms with van der Waals surface area (Å²) in [6.45, 7) is 2.45. The molecule has 0 saturated heterocycles. The van der Waals surface area contributed by atoms with Crippen molar-refractivity contribution >= 4 is 43.5 Å². The van der Waals surface area contributed by atoms with E-state index in [1.54, 1.807) is 13.8 Å². The zero-order chi connectivity index (χ0) is 21.1. The van der Waals surface area contributed by atoms with Crippen LogP contribution in [0.2, 0.25) is 5.28 Å². The Balaban J connectivity index is 2.34. The molecule has 0 aliphatic heterocycles. The Hall–Kier alpha value is -2.06. The van der Waals surface area contributed by atoms with E-state index in [9.17, 15) is 16.8 Å². The molecule has 0 fully saturated rings. The van der Waals surface area contributed by atoms with Crippen LogP contribution in [0.15, 0.2) is 17.0 Å². The first-order valence-corrected chi connectivity index (χ1v) is 11.0. The van der Waals surface area contributed by atoms with Crippen molar-refractivity contribution in [1.29, 1.82) is 0 Å². The summed E-state index contributed by atoms with van der Waals surface area (Å²) < 4.78 is 64.0. The molecule has 0 atom stereocenters. The number of benzene rings is 1. The molecule has 1 aromatic heterocycles. The topological polar surface area (TPSA) is 158 Å². The molecule has 0 saturated carbocycles. The van der Waals surface area contributed by atoms with Gasteiger partial charge in [0.1, 0.15) is 11.6 Å². The van der Waals surface area contributed by atoms with Gasteiger partial charge in [-0.3, -0.25) is 4.55 Å². The molecule has 2 rings (SSSR count). The maximum Gasteiger partial charge on any atom is 0.397 e. The predicted molar refractivity (Wildman–Crippen MR) is 100 cm³/mol. The van der Waals surface area contributed by atoms with E-state index in [2.05, 4.69) is 24.5 Å². The largest absolute Gasteiger partial charge is 0.495 e. The van der Waals surface area contributed by atoms with Crippen LogP contribution in [0.4, 0.5) is 11.6 Å². The highest BCUT2D eigenvalue weighted by Crippen LogP contribution is 2.32. The lowest BCUT2D eigenvalue weighted by Crippen LogP contribution is -2.16. The minimum Gasteiger partial charge on any atom is -0.495 e. The van der Waals surface area contributed by atoms with E-state index in [-0.39, 0.29) is 21.9 Å². The van der Waals surface area contributed by atoms with E-state index in [1.165, 1.54) is 19.2 Å². The summed E-state index contributed by atoms with van der Waals surface area (Å²) in [5, 5.41) is 2.87. The van der Waals surface area contributed by atoms with Crippen molar-refractivity contribution in [2.75, 3.05) is 24.8 Å². The number of hydrogen-bond donors (Lipinski definition) is 2. The van der Waals surface area contributed by atoms with Gasteiger partial charge in [-0.05, 0) is 37.1 Å². The molecular formula is C14H17ClN4O7S2. The maximum absolute atomic E-state index is 12.5. The van der Waals surface area contributed by atoms with Crippen molar-refractivity contribution in [2.45, 2.75) is 18.7 Å². The van der Waals surface area contributed by atoms with E-state index >= 15 is 0 Å². The third kappa shape index (κ3) is 5.97. The first kappa shape index (κ1) is 22.2. The van der Waals surface area contributed by atoms with Crippen molar-refractivity contribution in [3.63, 3.8) is 0 Å². The Kier molecular flexibility index (Phi) is 6.77. The molecule has 0 bridgehead atoms. The summed E-state index contributed by atoms with van der Waals surface area (Å²) in [6.07, 6.45) is 0. The predicted octanol–water partition coefficient (Wildman–Crippen LogP) is 1.49. The van der Waals surface area contributed by atoms with Gasteiger partial charge >= 0.3 is 10.4 Å². The molecule has 0 unspecified atom stereocenters. The molecule has 0 aliphatic carbocycles. The number of nitrogens with zero attached hydrogens (tertiary/aromatic N) is 3. The summed E-state index contributed by atoms with van der Waals surface area (Å²) in [6, 6.07) is 2.78. The van der Waals surface area contributed by atoms with Gasteiger partial charge in [0, 0.05) is 6.07 Å². The Bertz CT molecular complexity index is 1070. The van der Waals surface area contributed by atoms with Crippen LogP contribution >= 0.6 is 11.6 Å². The molecule has 0 spiro atoms. The second-order valence-corrected chi connectivity index (χ2v) is 8.99. The Morgan fingerprint density at radius 1 is 1.14 bits per heavy atom. The van der Waals surface area contributed by atoms with E-state index in [0.29, 0.717) is 17.1 Å². The van der Waals surface area contributed by atoms with Crippen LogP contribution in [-0.4, -0.2) is 55.8 Å².